The summed E-state index contributed by atoms with van der Waals surface area (Å²) in [5.41, 5.74) is 2.06. The van der Waals surface area contributed by atoms with Crippen molar-refractivity contribution >= 4 is 24.0 Å². The van der Waals surface area contributed by atoms with Crippen molar-refractivity contribution in [3.8, 4) is 5.75 Å². The number of benzene rings is 1. The molecular weight excluding hydrogens is 324 g/mol. The summed E-state index contributed by atoms with van der Waals surface area (Å²) in [5.74, 6) is 1.05. The van der Waals surface area contributed by atoms with Crippen molar-refractivity contribution in [2.24, 2.45) is 0 Å². The van der Waals surface area contributed by atoms with E-state index in [1.54, 1.807) is 0 Å². The van der Waals surface area contributed by atoms with Crippen molar-refractivity contribution in [2.45, 2.75) is 65.5 Å². The van der Waals surface area contributed by atoms with Gasteiger partial charge in [0.25, 0.3) is 0 Å². The van der Waals surface area contributed by atoms with Crippen molar-refractivity contribution in [1.29, 1.82) is 0 Å². The lowest BCUT2D eigenvalue weighted by Crippen LogP contribution is -2.44. The van der Waals surface area contributed by atoms with E-state index >= 15 is 0 Å². The first-order chi connectivity index (χ1) is 11.1. The van der Waals surface area contributed by atoms with Crippen LogP contribution in [-0.4, -0.2) is 36.0 Å². The monoisotopic (exact) mass is 354 g/mol. The smallest absolute Gasteiger partial charge is 0.241 e. The molecule has 24 heavy (non-hydrogen) atoms. The number of halogens is 1. The number of rotatable bonds is 8. The SMILES string of the molecule is CCCCC(C(=O)Nc1ccc2c(c1)CC(C)O2)N(CC)CC.Cl. The Kier molecular flexibility index (Phi) is 8.57. The summed E-state index contributed by atoms with van der Waals surface area (Å²) in [5, 5.41) is 3.11. The topological polar surface area (TPSA) is 41.6 Å². The standard InChI is InChI=1S/C19H30N2O2.ClH/c1-5-8-9-17(21(6-2)7-3)19(22)20-16-10-11-18-15(13-16)12-14(4)23-18;/h10-11,13-14,17H,5-9,12H2,1-4H3,(H,20,22);1H. The molecule has 1 aromatic rings. The normalized spacial score (nSPS) is 17.0. The van der Waals surface area contributed by atoms with Crippen LogP contribution in [0.25, 0.3) is 0 Å². The Hall–Kier alpha value is -1.26. The quantitative estimate of drug-likeness (QED) is 0.757. The molecule has 1 aromatic carbocycles. The number of hydrogen-bond donors (Lipinski definition) is 1. The molecule has 2 atom stereocenters. The second-order valence-corrected chi connectivity index (χ2v) is 6.32. The van der Waals surface area contributed by atoms with Crippen LogP contribution in [0.15, 0.2) is 18.2 Å². The summed E-state index contributed by atoms with van der Waals surface area (Å²) in [6.07, 6.45) is 4.23. The van der Waals surface area contributed by atoms with Gasteiger partial charge in [0, 0.05) is 12.1 Å². The largest absolute Gasteiger partial charge is 0.490 e. The van der Waals surface area contributed by atoms with Crippen molar-refractivity contribution in [3.63, 3.8) is 0 Å². The molecule has 0 saturated carbocycles. The predicted molar refractivity (Wildman–Crippen MR) is 102 cm³/mol. The first kappa shape index (κ1) is 20.8. The average molecular weight is 355 g/mol. The molecule has 0 bridgehead atoms. The average Bonchev–Trinajstić information content (AvgIpc) is 2.90. The van der Waals surface area contributed by atoms with Gasteiger partial charge in [0.2, 0.25) is 5.91 Å². The molecule has 4 nitrogen and oxygen atoms in total. The first-order valence-electron chi connectivity index (χ1n) is 8.93. The molecule has 1 aliphatic heterocycles. The summed E-state index contributed by atoms with van der Waals surface area (Å²) in [4.78, 5) is 15.0. The highest BCUT2D eigenvalue weighted by Gasteiger charge is 2.24. The van der Waals surface area contributed by atoms with Crippen molar-refractivity contribution in [2.75, 3.05) is 18.4 Å². The van der Waals surface area contributed by atoms with Crippen LogP contribution < -0.4 is 10.1 Å². The van der Waals surface area contributed by atoms with Crippen LogP contribution in [0.5, 0.6) is 5.75 Å². The Bertz CT molecular complexity index is 532. The van der Waals surface area contributed by atoms with Gasteiger partial charge in [-0.1, -0.05) is 33.6 Å². The van der Waals surface area contributed by atoms with E-state index in [9.17, 15) is 4.79 Å². The summed E-state index contributed by atoms with van der Waals surface area (Å²) < 4.78 is 5.72. The number of amides is 1. The number of nitrogens with zero attached hydrogens (tertiary/aromatic N) is 1. The van der Waals surface area contributed by atoms with E-state index in [4.69, 9.17) is 4.74 Å². The Morgan fingerprint density at radius 1 is 1.33 bits per heavy atom. The minimum absolute atomic E-state index is 0. The third-order valence-electron chi connectivity index (χ3n) is 4.55. The van der Waals surface area contributed by atoms with Crippen LogP contribution >= 0.6 is 12.4 Å². The fraction of sp³-hybridized carbons (Fsp3) is 0.632. The number of ether oxygens (including phenoxy) is 1. The van der Waals surface area contributed by atoms with Crippen molar-refractivity contribution in [1.82, 2.24) is 4.90 Å². The van der Waals surface area contributed by atoms with Gasteiger partial charge in [-0.25, -0.2) is 0 Å². The third kappa shape index (κ3) is 5.12. The first-order valence-corrected chi connectivity index (χ1v) is 8.93. The number of fused-ring (bicyclic) bond motifs is 1. The zero-order chi connectivity index (χ0) is 16.8. The Balaban J connectivity index is 0.00000288. The van der Waals surface area contributed by atoms with E-state index in [0.29, 0.717) is 0 Å². The van der Waals surface area contributed by atoms with E-state index in [2.05, 4.69) is 44.0 Å². The lowest BCUT2D eigenvalue weighted by Gasteiger charge is -2.28. The van der Waals surface area contributed by atoms with E-state index in [0.717, 1.165) is 50.2 Å². The minimum atomic E-state index is -0.0478. The van der Waals surface area contributed by atoms with Gasteiger partial charge in [-0.05, 0) is 50.2 Å². The van der Waals surface area contributed by atoms with Gasteiger partial charge in [-0.15, -0.1) is 12.4 Å². The molecule has 5 heteroatoms. The number of carbonyl (C=O) groups excluding carboxylic acids is 1. The molecule has 1 aliphatic rings. The Morgan fingerprint density at radius 2 is 2.04 bits per heavy atom. The van der Waals surface area contributed by atoms with Gasteiger partial charge in [0.05, 0.1) is 6.04 Å². The lowest BCUT2D eigenvalue weighted by molar-refractivity contribution is -0.121. The fourth-order valence-corrected chi connectivity index (χ4v) is 3.27. The number of hydrogen-bond acceptors (Lipinski definition) is 3. The molecule has 136 valence electrons. The fourth-order valence-electron chi connectivity index (χ4n) is 3.27. The predicted octanol–water partition coefficient (Wildman–Crippen LogP) is 4.27. The molecule has 0 saturated heterocycles. The lowest BCUT2D eigenvalue weighted by atomic mass is 10.1. The Labute approximate surface area is 152 Å². The number of carbonyl (C=O) groups is 1. The van der Waals surface area contributed by atoms with Crippen LogP contribution in [-0.2, 0) is 11.2 Å². The molecule has 1 amide bonds. The van der Waals surface area contributed by atoms with Crippen LogP contribution in [0.4, 0.5) is 5.69 Å². The maximum atomic E-state index is 12.8. The van der Waals surface area contributed by atoms with E-state index in [1.807, 2.05) is 12.1 Å². The van der Waals surface area contributed by atoms with E-state index < -0.39 is 0 Å². The summed E-state index contributed by atoms with van der Waals surface area (Å²) in [7, 11) is 0. The highest BCUT2D eigenvalue weighted by atomic mass is 35.5. The number of likely N-dealkylation sites (N-methyl/N-ethyl adjacent to an activating group) is 1. The second kappa shape index (κ2) is 9.90. The molecule has 2 unspecified atom stereocenters. The zero-order valence-electron chi connectivity index (χ0n) is 15.3. The van der Waals surface area contributed by atoms with Gasteiger partial charge in [0.1, 0.15) is 11.9 Å². The molecule has 0 aromatic heterocycles. The molecule has 2 rings (SSSR count). The van der Waals surface area contributed by atoms with E-state index in [1.165, 1.54) is 5.56 Å². The molecule has 0 spiro atoms. The molecule has 0 radical (unpaired) electrons. The van der Waals surface area contributed by atoms with E-state index in [-0.39, 0.29) is 30.5 Å². The van der Waals surface area contributed by atoms with Crippen LogP contribution in [0.2, 0.25) is 0 Å². The van der Waals surface area contributed by atoms with Crippen molar-refractivity contribution in [3.05, 3.63) is 23.8 Å². The second-order valence-electron chi connectivity index (χ2n) is 6.32. The van der Waals surface area contributed by atoms with Gasteiger partial charge in [-0.3, -0.25) is 9.69 Å². The number of unbranched alkanes of at least 4 members (excludes halogenated alkanes) is 1. The van der Waals surface area contributed by atoms with Gasteiger partial charge < -0.3 is 10.1 Å². The molecule has 1 heterocycles. The zero-order valence-corrected chi connectivity index (χ0v) is 16.1. The Morgan fingerprint density at radius 3 is 2.67 bits per heavy atom. The minimum Gasteiger partial charge on any atom is -0.490 e. The molecule has 0 fully saturated rings. The number of nitrogens with one attached hydrogen (secondary N) is 1. The van der Waals surface area contributed by atoms with Crippen LogP contribution in [0.1, 0.15) is 52.5 Å². The number of anilines is 1. The summed E-state index contributed by atoms with van der Waals surface area (Å²) in [6.45, 7) is 10.3. The van der Waals surface area contributed by atoms with Crippen molar-refractivity contribution < 1.29 is 9.53 Å². The van der Waals surface area contributed by atoms with Gasteiger partial charge in [0.15, 0.2) is 0 Å². The highest BCUT2D eigenvalue weighted by Crippen LogP contribution is 2.31. The highest BCUT2D eigenvalue weighted by molar-refractivity contribution is 5.95. The summed E-state index contributed by atoms with van der Waals surface area (Å²) >= 11 is 0. The van der Waals surface area contributed by atoms with Gasteiger partial charge in [-0.2, -0.15) is 0 Å². The maximum absolute atomic E-state index is 12.8. The third-order valence-corrected chi connectivity index (χ3v) is 4.55. The molecule has 0 aliphatic carbocycles. The van der Waals surface area contributed by atoms with Crippen LogP contribution in [0.3, 0.4) is 0 Å². The molecular formula is C19H31ClN2O2. The molecule has 1 N–H and O–H groups in total. The van der Waals surface area contributed by atoms with Gasteiger partial charge >= 0.3 is 0 Å². The summed E-state index contributed by atoms with van der Waals surface area (Å²) in [6, 6.07) is 5.91. The van der Waals surface area contributed by atoms with Crippen LogP contribution in [0, 0.1) is 0 Å². The maximum Gasteiger partial charge on any atom is 0.241 e.